The molecule has 0 aliphatic rings. The quantitative estimate of drug-likeness (QED) is 0.477. The highest BCUT2D eigenvalue weighted by Crippen LogP contribution is 1.97. The number of rotatable bonds is 0. The van der Waals surface area contributed by atoms with Crippen molar-refractivity contribution >= 4 is 19.1 Å². The Labute approximate surface area is 55.5 Å². The maximum absolute atomic E-state index is 5.43. The van der Waals surface area contributed by atoms with Crippen molar-refractivity contribution < 1.29 is 0 Å². The van der Waals surface area contributed by atoms with Gasteiger partial charge in [0.25, 0.3) is 0 Å². The number of hydrogen-bond donors (Lipinski definition) is 1. The summed E-state index contributed by atoms with van der Waals surface area (Å²) in [6, 6.07) is 1.79. The van der Waals surface area contributed by atoms with Gasteiger partial charge in [-0.05, 0) is 18.6 Å². The number of pyridine rings is 1. The summed E-state index contributed by atoms with van der Waals surface area (Å²) < 4.78 is 0. The molecule has 0 bridgehead atoms. The first kappa shape index (κ1) is 6.14. The lowest BCUT2D eigenvalue weighted by Gasteiger charge is -1.97. The van der Waals surface area contributed by atoms with E-state index in [2.05, 4.69) is 4.98 Å². The molecule has 2 N–H and O–H groups in total. The van der Waals surface area contributed by atoms with Gasteiger partial charge in [0.1, 0.15) is 7.85 Å². The van der Waals surface area contributed by atoms with Crippen molar-refractivity contribution in [1.29, 1.82) is 0 Å². The topological polar surface area (TPSA) is 38.9 Å². The van der Waals surface area contributed by atoms with Crippen molar-refractivity contribution in [1.82, 2.24) is 4.98 Å². The van der Waals surface area contributed by atoms with E-state index >= 15 is 0 Å². The van der Waals surface area contributed by atoms with Gasteiger partial charge in [0.05, 0.1) is 0 Å². The molecule has 44 valence electrons. The molecule has 2 radical (unpaired) electrons. The Kier molecular flexibility index (Phi) is 1.43. The molecule has 0 aliphatic carbocycles. The predicted molar refractivity (Wildman–Crippen MR) is 38.8 cm³/mol. The Morgan fingerprint density at radius 2 is 2.33 bits per heavy atom. The molecule has 3 heteroatoms. The maximum atomic E-state index is 5.43. The molecule has 9 heavy (non-hydrogen) atoms. The number of nitrogens with zero attached hydrogens (tertiary/aromatic N) is 1. The van der Waals surface area contributed by atoms with Crippen LogP contribution in [0.3, 0.4) is 0 Å². The first-order valence-corrected chi connectivity index (χ1v) is 2.68. The third-order valence-electron chi connectivity index (χ3n) is 1.09. The molecule has 0 saturated heterocycles. The summed E-state index contributed by atoms with van der Waals surface area (Å²) in [5.41, 5.74) is 7.42. The fourth-order valence-electron chi connectivity index (χ4n) is 0.602. The van der Waals surface area contributed by atoms with Crippen LogP contribution < -0.4 is 11.3 Å². The molecule has 1 rings (SSSR count). The van der Waals surface area contributed by atoms with Crippen LogP contribution in [0.15, 0.2) is 12.3 Å². The van der Waals surface area contributed by atoms with E-state index in [1.807, 2.05) is 6.92 Å². The van der Waals surface area contributed by atoms with Crippen molar-refractivity contribution in [2.24, 2.45) is 0 Å². The Balaban J connectivity index is 3.17. The first-order valence-electron chi connectivity index (χ1n) is 2.68. The van der Waals surface area contributed by atoms with Crippen LogP contribution in [-0.4, -0.2) is 12.8 Å². The Hall–Kier alpha value is -0.985. The molecular weight excluding hydrogens is 111 g/mol. The standard InChI is InChI=1S/C6H7BN2/c1-4-2-5(8)6(7)9-3-4/h2-3H,8H2,1H3. The zero-order chi connectivity index (χ0) is 6.85. The molecule has 0 saturated carbocycles. The Morgan fingerprint density at radius 1 is 1.67 bits per heavy atom. The molecule has 0 unspecified atom stereocenters. The second-order valence-corrected chi connectivity index (χ2v) is 1.99. The summed E-state index contributed by atoms with van der Waals surface area (Å²) in [7, 11) is 5.35. The molecule has 1 aromatic heterocycles. The van der Waals surface area contributed by atoms with E-state index < -0.39 is 0 Å². The fourth-order valence-corrected chi connectivity index (χ4v) is 0.602. The van der Waals surface area contributed by atoms with Crippen LogP contribution in [0.2, 0.25) is 0 Å². The lowest BCUT2D eigenvalue weighted by Crippen LogP contribution is -2.13. The average molecular weight is 118 g/mol. The van der Waals surface area contributed by atoms with Gasteiger partial charge in [-0.2, -0.15) is 0 Å². The van der Waals surface area contributed by atoms with Crippen molar-refractivity contribution in [3.63, 3.8) is 0 Å². The van der Waals surface area contributed by atoms with Crippen molar-refractivity contribution in [2.45, 2.75) is 6.92 Å². The van der Waals surface area contributed by atoms with Crippen molar-refractivity contribution in [2.75, 3.05) is 5.73 Å². The number of hydrogen-bond acceptors (Lipinski definition) is 2. The minimum Gasteiger partial charge on any atom is -0.398 e. The molecule has 0 spiro atoms. The van der Waals surface area contributed by atoms with Crippen LogP contribution in [0.5, 0.6) is 0 Å². The molecule has 2 nitrogen and oxygen atoms in total. The van der Waals surface area contributed by atoms with E-state index in [1.54, 1.807) is 12.3 Å². The maximum Gasteiger partial charge on any atom is 0.144 e. The van der Waals surface area contributed by atoms with Gasteiger partial charge in [0.15, 0.2) is 0 Å². The number of anilines is 1. The lowest BCUT2D eigenvalue weighted by atomic mass is 10.0. The highest BCUT2D eigenvalue weighted by atomic mass is 14.7. The normalized spacial score (nSPS) is 9.44. The van der Waals surface area contributed by atoms with Gasteiger partial charge in [0.2, 0.25) is 0 Å². The third kappa shape index (κ3) is 1.22. The Morgan fingerprint density at radius 3 is 2.78 bits per heavy atom. The summed E-state index contributed by atoms with van der Waals surface area (Å²) in [6.45, 7) is 1.92. The zero-order valence-electron chi connectivity index (χ0n) is 5.26. The van der Waals surface area contributed by atoms with Gasteiger partial charge in [-0.15, -0.1) is 0 Å². The minimum atomic E-state index is 0.403. The second-order valence-electron chi connectivity index (χ2n) is 1.99. The Bertz CT molecular complexity index is 222. The molecule has 1 heterocycles. The van der Waals surface area contributed by atoms with Crippen LogP contribution in [0.4, 0.5) is 5.69 Å². The average Bonchev–Trinajstić information content (AvgIpc) is 1.80. The van der Waals surface area contributed by atoms with E-state index in [4.69, 9.17) is 13.6 Å². The molecular formula is C6H7BN2. The van der Waals surface area contributed by atoms with Crippen LogP contribution >= 0.6 is 0 Å². The zero-order valence-corrected chi connectivity index (χ0v) is 5.26. The highest BCUT2D eigenvalue weighted by molar-refractivity contribution is 6.33. The van der Waals surface area contributed by atoms with Crippen LogP contribution in [0, 0.1) is 6.92 Å². The SMILES string of the molecule is [B]c1ncc(C)cc1N. The van der Waals surface area contributed by atoms with E-state index in [-0.39, 0.29) is 0 Å². The van der Waals surface area contributed by atoms with Gasteiger partial charge < -0.3 is 5.73 Å². The number of aryl methyl sites for hydroxylation is 1. The van der Waals surface area contributed by atoms with E-state index in [0.717, 1.165) is 5.56 Å². The summed E-state index contributed by atoms with van der Waals surface area (Å²) >= 11 is 0. The summed E-state index contributed by atoms with van der Waals surface area (Å²) in [5, 5.41) is 0. The van der Waals surface area contributed by atoms with Gasteiger partial charge in [0, 0.05) is 17.5 Å². The van der Waals surface area contributed by atoms with Crippen LogP contribution in [0.1, 0.15) is 5.56 Å². The number of nitrogens with two attached hydrogens (primary N) is 1. The summed E-state index contributed by atoms with van der Waals surface area (Å²) in [5.74, 6) is 0. The molecule has 0 aliphatic heterocycles. The first-order chi connectivity index (χ1) is 4.20. The summed E-state index contributed by atoms with van der Waals surface area (Å²) in [4.78, 5) is 3.83. The third-order valence-corrected chi connectivity index (χ3v) is 1.09. The molecule has 0 atom stereocenters. The monoisotopic (exact) mass is 118 g/mol. The van der Waals surface area contributed by atoms with Gasteiger partial charge in [-0.3, -0.25) is 4.98 Å². The predicted octanol–water partition coefficient (Wildman–Crippen LogP) is -0.234. The fraction of sp³-hybridized carbons (Fsp3) is 0.167. The molecule has 0 aromatic carbocycles. The molecule has 0 fully saturated rings. The number of nitrogen functional groups attached to an aromatic ring is 1. The summed E-state index contributed by atoms with van der Waals surface area (Å²) in [6.07, 6.45) is 1.69. The van der Waals surface area contributed by atoms with Gasteiger partial charge in [-0.25, -0.2) is 0 Å². The van der Waals surface area contributed by atoms with Crippen molar-refractivity contribution in [3.05, 3.63) is 17.8 Å². The lowest BCUT2D eigenvalue weighted by molar-refractivity contribution is 1.31. The van der Waals surface area contributed by atoms with Crippen molar-refractivity contribution in [3.8, 4) is 0 Å². The second kappa shape index (κ2) is 2.09. The smallest absolute Gasteiger partial charge is 0.144 e. The largest absolute Gasteiger partial charge is 0.398 e. The van der Waals surface area contributed by atoms with Gasteiger partial charge in [-0.1, -0.05) is 0 Å². The van der Waals surface area contributed by atoms with Crippen LogP contribution in [-0.2, 0) is 0 Å². The van der Waals surface area contributed by atoms with E-state index in [1.165, 1.54) is 0 Å². The van der Waals surface area contributed by atoms with Gasteiger partial charge >= 0.3 is 0 Å². The molecule has 1 aromatic rings. The highest BCUT2D eigenvalue weighted by Gasteiger charge is 1.90. The van der Waals surface area contributed by atoms with E-state index in [0.29, 0.717) is 11.3 Å². The molecule has 0 amide bonds. The van der Waals surface area contributed by atoms with E-state index in [9.17, 15) is 0 Å². The van der Waals surface area contributed by atoms with Crippen LogP contribution in [0.25, 0.3) is 0 Å². The number of aromatic nitrogens is 1. The minimum absolute atomic E-state index is 0.403.